The highest BCUT2D eigenvalue weighted by Crippen LogP contribution is 2.35. The lowest BCUT2D eigenvalue weighted by Gasteiger charge is -2.34. The molecule has 1 amide bonds. The molecule has 1 heterocycles. The number of amides is 1. The largest absolute Gasteiger partial charge is 0.494 e. The first kappa shape index (κ1) is 17.0. The van der Waals surface area contributed by atoms with Gasteiger partial charge in [-0.3, -0.25) is 9.59 Å². The lowest BCUT2D eigenvalue weighted by molar-refractivity contribution is -0.126. The molecule has 0 N–H and O–H groups in total. The lowest BCUT2D eigenvalue weighted by atomic mass is 10.1. The van der Waals surface area contributed by atoms with Crippen molar-refractivity contribution in [2.75, 3.05) is 18.1 Å². The van der Waals surface area contributed by atoms with Gasteiger partial charge in [0.1, 0.15) is 17.8 Å². The minimum Gasteiger partial charge on any atom is -0.494 e. The van der Waals surface area contributed by atoms with Crippen molar-refractivity contribution in [1.82, 2.24) is 0 Å². The van der Waals surface area contributed by atoms with Crippen molar-refractivity contribution in [3.8, 4) is 11.5 Å². The summed E-state index contributed by atoms with van der Waals surface area (Å²) in [6, 6.07) is 14.7. The fraction of sp³-hybridized carbons (Fsp3) is 0.300. The van der Waals surface area contributed by atoms with E-state index >= 15 is 0 Å². The molecule has 0 aromatic heterocycles. The van der Waals surface area contributed by atoms with E-state index in [0.29, 0.717) is 43.0 Å². The zero-order chi connectivity index (χ0) is 17.6. The van der Waals surface area contributed by atoms with Gasteiger partial charge in [-0.1, -0.05) is 25.1 Å². The van der Waals surface area contributed by atoms with Gasteiger partial charge in [-0.2, -0.15) is 0 Å². The Labute approximate surface area is 147 Å². The maximum absolute atomic E-state index is 12.7. The van der Waals surface area contributed by atoms with Gasteiger partial charge in [-0.25, -0.2) is 0 Å². The van der Waals surface area contributed by atoms with Gasteiger partial charge in [0.15, 0.2) is 6.10 Å². The third-order valence-electron chi connectivity index (χ3n) is 4.13. The van der Waals surface area contributed by atoms with E-state index in [0.717, 1.165) is 12.0 Å². The maximum Gasteiger partial charge on any atom is 0.268 e. The van der Waals surface area contributed by atoms with Gasteiger partial charge in [0.25, 0.3) is 5.91 Å². The smallest absolute Gasteiger partial charge is 0.268 e. The van der Waals surface area contributed by atoms with Gasteiger partial charge < -0.3 is 14.4 Å². The molecule has 0 spiro atoms. The summed E-state index contributed by atoms with van der Waals surface area (Å²) in [5.74, 6) is 1.38. The van der Waals surface area contributed by atoms with Crippen LogP contribution in [0.5, 0.6) is 11.5 Å². The molecule has 130 valence electrons. The van der Waals surface area contributed by atoms with Crippen molar-refractivity contribution in [2.45, 2.75) is 25.9 Å². The van der Waals surface area contributed by atoms with Crippen LogP contribution in [0, 0.1) is 0 Å². The van der Waals surface area contributed by atoms with Crippen molar-refractivity contribution in [3.63, 3.8) is 0 Å². The quantitative estimate of drug-likeness (QED) is 0.572. The number of carbonyl (C=O) groups is 2. The van der Waals surface area contributed by atoms with E-state index in [1.54, 1.807) is 23.1 Å². The number of aldehydes is 1. The predicted molar refractivity (Wildman–Crippen MR) is 95.4 cm³/mol. The Kier molecular flexibility index (Phi) is 5.33. The number of carbonyl (C=O) groups excluding carboxylic acids is 2. The van der Waals surface area contributed by atoms with Crippen LogP contribution in [-0.4, -0.2) is 31.4 Å². The number of benzene rings is 2. The van der Waals surface area contributed by atoms with Gasteiger partial charge in [0.05, 0.1) is 12.3 Å². The fourth-order valence-electron chi connectivity index (χ4n) is 2.83. The minimum atomic E-state index is -0.482. The second-order valence-corrected chi connectivity index (χ2v) is 5.86. The Bertz CT molecular complexity index is 745. The fourth-order valence-corrected chi connectivity index (χ4v) is 2.83. The van der Waals surface area contributed by atoms with E-state index in [1.807, 2.05) is 37.3 Å². The maximum atomic E-state index is 12.7. The van der Waals surface area contributed by atoms with E-state index in [1.165, 1.54) is 0 Å². The SMILES string of the molecule is CCC1Oc2ccc(C=O)cc2N(CCCOc2ccccc2)C1=O. The van der Waals surface area contributed by atoms with Gasteiger partial charge >= 0.3 is 0 Å². The second-order valence-electron chi connectivity index (χ2n) is 5.86. The summed E-state index contributed by atoms with van der Waals surface area (Å²) in [6.07, 6.45) is 1.57. The molecule has 1 atom stereocenters. The molecule has 1 aliphatic heterocycles. The molecule has 1 aliphatic rings. The number of fused-ring (bicyclic) bond motifs is 1. The molecule has 2 aromatic rings. The molecule has 0 aliphatic carbocycles. The van der Waals surface area contributed by atoms with E-state index < -0.39 is 6.10 Å². The topological polar surface area (TPSA) is 55.8 Å². The van der Waals surface area contributed by atoms with Crippen LogP contribution in [-0.2, 0) is 4.79 Å². The highest BCUT2D eigenvalue weighted by atomic mass is 16.5. The van der Waals surface area contributed by atoms with Crippen molar-refractivity contribution < 1.29 is 19.1 Å². The normalized spacial score (nSPS) is 16.1. The van der Waals surface area contributed by atoms with Crippen LogP contribution in [0.4, 0.5) is 5.69 Å². The molecule has 0 fully saturated rings. The number of ether oxygens (including phenoxy) is 2. The number of nitrogens with zero attached hydrogens (tertiary/aromatic N) is 1. The first-order chi connectivity index (χ1) is 12.2. The lowest BCUT2D eigenvalue weighted by Crippen LogP contribution is -2.46. The molecule has 5 nitrogen and oxygen atoms in total. The summed E-state index contributed by atoms with van der Waals surface area (Å²) in [6.45, 7) is 2.94. The Hall–Kier alpha value is -2.82. The molecule has 2 aromatic carbocycles. The highest BCUT2D eigenvalue weighted by molar-refractivity contribution is 6.00. The molecule has 0 bridgehead atoms. The zero-order valence-electron chi connectivity index (χ0n) is 14.2. The number of anilines is 1. The molecular formula is C20H21NO4. The van der Waals surface area contributed by atoms with Crippen molar-refractivity contribution in [3.05, 3.63) is 54.1 Å². The van der Waals surface area contributed by atoms with Crippen LogP contribution in [0.1, 0.15) is 30.1 Å². The molecule has 25 heavy (non-hydrogen) atoms. The number of hydrogen-bond acceptors (Lipinski definition) is 4. The van der Waals surface area contributed by atoms with Gasteiger partial charge in [0, 0.05) is 12.1 Å². The predicted octanol–water partition coefficient (Wildman–Crippen LogP) is 3.47. The Morgan fingerprint density at radius 1 is 1.20 bits per heavy atom. The zero-order valence-corrected chi connectivity index (χ0v) is 14.2. The van der Waals surface area contributed by atoms with Gasteiger partial charge in [0.2, 0.25) is 0 Å². The van der Waals surface area contributed by atoms with Crippen LogP contribution in [0.2, 0.25) is 0 Å². The Balaban J connectivity index is 1.70. The summed E-state index contributed by atoms with van der Waals surface area (Å²) >= 11 is 0. The summed E-state index contributed by atoms with van der Waals surface area (Å²) in [5.41, 5.74) is 1.18. The van der Waals surface area contributed by atoms with Crippen LogP contribution >= 0.6 is 0 Å². The van der Waals surface area contributed by atoms with Crippen molar-refractivity contribution >= 4 is 17.9 Å². The van der Waals surface area contributed by atoms with E-state index in [-0.39, 0.29) is 5.91 Å². The standard InChI is InChI=1S/C20H21NO4/c1-2-18-20(23)21(11-6-12-24-16-7-4-3-5-8-16)17-13-15(14-22)9-10-19(17)25-18/h3-5,7-10,13-14,18H,2,6,11-12H2,1H3. The van der Waals surface area contributed by atoms with E-state index in [9.17, 15) is 9.59 Å². The van der Waals surface area contributed by atoms with Gasteiger partial charge in [-0.15, -0.1) is 0 Å². The number of rotatable bonds is 7. The summed E-state index contributed by atoms with van der Waals surface area (Å²) in [7, 11) is 0. The van der Waals surface area contributed by atoms with Gasteiger partial charge in [-0.05, 0) is 43.2 Å². The number of hydrogen-bond donors (Lipinski definition) is 0. The highest BCUT2D eigenvalue weighted by Gasteiger charge is 2.33. The summed E-state index contributed by atoms with van der Waals surface area (Å²) in [4.78, 5) is 25.4. The molecule has 5 heteroatoms. The van der Waals surface area contributed by atoms with E-state index in [4.69, 9.17) is 9.47 Å². The second kappa shape index (κ2) is 7.83. The average Bonchev–Trinajstić information content (AvgIpc) is 2.66. The van der Waals surface area contributed by atoms with Crippen molar-refractivity contribution in [2.24, 2.45) is 0 Å². The first-order valence-corrected chi connectivity index (χ1v) is 8.48. The summed E-state index contributed by atoms with van der Waals surface area (Å²) < 4.78 is 11.5. The first-order valence-electron chi connectivity index (χ1n) is 8.48. The monoisotopic (exact) mass is 339 g/mol. The van der Waals surface area contributed by atoms with Crippen LogP contribution in [0.25, 0.3) is 0 Å². The Morgan fingerprint density at radius 2 is 2.00 bits per heavy atom. The summed E-state index contributed by atoms with van der Waals surface area (Å²) in [5, 5.41) is 0. The molecule has 3 rings (SSSR count). The molecule has 0 radical (unpaired) electrons. The molecule has 1 unspecified atom stereocenters. The van der Waals surface area contributed by atoms with Crippen LogP contribution in [0.3, 0.4) is 0 Å². The minimum absolute atomic E-state index is 0.0715. The third kappa shape index (κ3) is 3.82. The van der Waals surface area contributed by atoms with Crippen molar-refractivity contribution in [1.29, 1.82) is 0 Å². The van der Waals surface area contributed by atoms with Crippen LogP contribution in [0.15, 0.2) is 48.5 Å². The Morgan fingerprint density at radius 3 is 2.72 bits per heavy atom. The molecular weight excluding hydrogens is 318 g/mol. The molecule has 0 saturated carbocycles. The third-order valence-corrected chi connectivity index (χ3v) is 4.13. The van der Waals surface area contributed by atoms with Crippen LogP contribution < -0.4 is 14.4 Å². The molecule has 0 saturated heterocycles. The number of para-hydroxylation sites is 1. The van der Waals surface area contributed by atoms with E-state index in [2.05, 4.69) is 0 Å². The average molecular weight is 339 g/mol.